The number of nitrogens with one attached hydrogen (secondary N) is 1. The number of likely N-dealkylation sites (N-methyl/N-ethyl adjacent to an activating group) is 1. The molecule has 3 rings (SSSR count). The van der Waals surface area contributed by atoms with Crippen molar-refractivity contribution in [3.05, 3.63) is 36.0 Å². The minimum Gasteiger partial charge on any atom is -0.479 e. The Morgan fingerprint density at radius 2 is 2.21 bits per heavy atom. The molecule has 1 aromatic heterocycles. The summed E-state index contributed by atoms with van der Waals surface area (Å²) < 4.78 is 10.6. The molecule has 0 bridgehead atoms. The number of aromatic nitrogens is 1. The minimum atomic E-state index is -0.530. The number of fused-ring (bicyclic) bond motifs is 1. The first-order valence-electron chi connectivity index (χ1n) is 7.03. The molecule has 1 atom stereocenters. The predicted octanol–water partition coefficient (Wildman–Crippen LogP) is 1.55. The van der Waals surface area contributed by atoms with E-state index < -0.39 is 12.0 Å². The summed E-state index contributed by atoms with van der Waals surface area (Å²) >= 11 is 0. The molecular formula is C15H17ClN4O4. The van der Waals surface area contributed by atoms with Gasteiger partial charge in [-0.25, -0.2) is 4.98 Å². The summed E-state index contributed by atoms with van der Waals surface area (Å²) in [5, 5.41) is 2.70. The third-order valence-electron chi connectivity index (χ3n) is 3.52. The largest absolute Gasteiger partial charge is 0.479 e. The molecule has 1 aromatic carbocycles. The Labute approximate surface area is 144 Å². The SMILES string of the molecule is CC1Oc2ccc(NC(=O)c3coc(CN)n3)cc2N(C)C1=O.Cl. The lowest BCUT2D eigenvalue weighted by Crippen LogP contribution is -2.41. The van der Waals surface area contributed by atoms with Crippen LogP contribution in [0.25, 0.3) is 0 Å². The Morgan fingerprint density at radius 1 is 1.46 bits per heavy atom. The van der Waals surface area contributed by atoms with Crippen molar-refractivity contribution in [3.8, 4) is 5.75 Å². The van der Waals surface area contributed by atoms with E-state index in [1.165, 1.54) is 11.2 Å². The van der Waals surface area contributed by atoms with Crippen LogP contribution >= 0.6 is 12.4 Å². The van der Waals surface area contributed by atoms with Crippen molar-refractivity contribution < 1.29 is 18.7 Å². The van der Waals surface area contributed by atoms with Gasteiger partial charge in [0.15, 0.2) is 11.8 Å². The third kappa shape index (κ3) is 3.19. The maximum absolute atomic E-state index is 12.1. The highest BCUT2D eigenvalue weighted by atomic mass is 35.5. The highest BCUT2D eigenvalue weighted by Gasteiger charge is 2.29. The van der Waals surface area contributed by atoms with Gasteiger partial charge in [0.05, 0.1) is 12.2 Å². The van der Waals surface area contributed by atoms with Gasteiger partial charge in [0.25, 0.3) is 11.8 Å². The highest BCUT2D eigenvalue weighted by Crippen LogP contribution is 2.35. The number of carbonyl (C=O) groups is 2. The number of nitrogens with zero attached hydrogens (tertiary/aromatic N) is 2. The smallest absolute Gasteiger partial charge is 0.277 e. The molecule has 0 aliphatic carbocycles. The van der Waals surface area contributed by atoms with Crippen LogP contribution in [0.4, 0.5) is 11.4 Å². The molecule has 2 heterocycles. The fourth-order valence-corrected chi connectivity index (χ4v) is 2.29. The van der Waals surface area contributed by atoms with E-state index in [0.717, 1.165) is 0 Å². The van der Waals surface area contributed by atoms with Crippen LogP contribution in [0.15, 0.2) is 28.9 Å². The molecule has 2 aromatic rings. The molecule has 0 fully saturated rings. The van der Waals surface area contributed by atoms with E-state index in [1.54, 1.807) is 32.2 Å². The summed E-state index contributed by atoms with van der Waals surface area (Å²) in [7, 11) is 1.66. The van der Waals surface area contributed by atoms with E-state index in [9.17, 15) is 9.59 Å². The van der Waals surface area contributed by atoms with Gasteiger partial charge < -0.3 is 25.1 Å². The van der Waals surface area contributed by atoms with Gasteiger partial charge in [-0.15, -0.1) is 12.4 Å². The zero-order chi connectivity index (χ0) is 16.6. The van der Waals surface area contributed by atoms with Gasteiger partial charge in [0.1, 0.15) is 12.0 Å². The monoisotopic (exact) mass is 352 g/mol. The number of carbonyl (C=O) groups excluding carboxylic acids is 2. The predicted molar refractivity (Wildman–Crippen MR) is 89.5 cm³/mol. The first-order chi connectivity index (χ1) is 11.0. The van der Waals surface area contributed by atoms with Crippen molar-refractivity contribution in [2.75, 3.05) is 17.3 Å². The van der Waals surface area contributed by atoms with Gasteiger partial charge in [-0.2, -0.15) is 0 Å². The second-order valence-corrected chi connectivity index (χ2v) is 5.12. The lowest BCUT2D eigenvalue weighted by atomic mass is 10.2. The number of benzene rings is 1. The second-order valence-electron chi connectivity index (χ2n) is 5.12. The maximum atomic E-state index is 12.1. The lowest BCUT2D eigenvalue weighted by Gasteiger charge is -2.30. The molecule has 2 amide bonds. The Kier molecular flexibility index (Phi) is 5.10. The standard InChI is InChI=1S/C15H16N4O4.ClH/c1-8-15(21)19(2)11-5-9(3-4-12(11)23-8)17-14(20)10-7-22-13(6-16)18-10;/h3-5,7-8H,6,16H2,1-2H3,(H,17,20);1H. The molecule has 0 saturated carbocycles. The summed E-state index contributed by atoms with van der Waals surface area (Å²) in [5.74, 6) is 0.301. The van der Waals surface area contributed by atoms with Crippen molar-refractivity contribution in [1.82, 2.24) is 4.98 Å². The molecule has 0 radical (unpaired) electrons. The quantitative estimate of drug-likeness (QED) is 0.867. The summed E-state index contributed by atoms with van der Waals surface area (Å²) in [6, 6.07) is 5.07. The van der Waals surface area contributed by atoms with Crippen LogP contribution < -0.4 is 20.7 Å². The molecule has 9 heteroatoms. The zero-order valence-electron chi connectivity index (χ0n) is 13.1. The molecular weight excluding hydrogens is 336 g/mol. The van der Waals surface area contributed by atoms with Gasteiger partial charge in [0.2, 0.25) is 5.89 Å². The number of hydrogen-bond acceptors (Lipinski definition) is 6. The molecule has 3 N–H and O–H groups in total. The molecule has 8 nitrogen and oxygen atoms in total. The molecule has 0 saturated heterocycles. The van der Waals surface area contributed by atoms with Gasteiger partial charge >= 0.3 is 0 Å². The molecule has 128 valence electrons. The Bertz CT molecular complexity index is 777. The van der Waals surface area contributed by atoms with Crippen LogP contribution in [0.1, 0.15) is 23.3 Å². The van der Waals surface area contributed by atoms with Crippen molar-refractivity contribution >= 4 is 35.6 Å². The van der Waals surface area contributed by atoms with Crippen molar-refractivity contribution in [1.29, 1.82) is 0 Å². The molecule has 1 aliphatic rings. The Morgan fingerprint density at radius 3 is 2.88 bits per heavy atom. The van der Waals surface area contributed by atoms with E-state index >= 15 is 0 Å². The van der Waals surface area contributed by atoms with Gasteiger partial charge in [-0.1, -0.05) is 0 Å². The molecule has 1 aliphatic heterocycles. The van der Waals surface area contributed by atoms with Crippen LogP contribution in [-0.2, 0) is 11.3 Å². The molecule has 0 spiro atoms. The van der Waals surface area contributed by atoms with E-state index in [4.69, 9.17) is 14.9 Å². The Balaban J connectivity index is 0.00000208. The maximum Gasteiger partial charge on any atom is 0.277 e. The van der Waals surface area contributed by atoms with Crippen molar-refractivity contribution in [2.24, 2.45) is 5.73 Å². The summed E-state index contributed by atoms with van der Waals surface area (Å²) in [6.45, 7) is 1.81. The van der Waals surface area contributed by atoms with Gasteiger partial charge in [-0.3, -0.25) is 9.59 Å². The number of nitrogens with two attached hydrogens (primary N) is 1. The normalized spacial score (nSPS) is 16.0. The zero-order valence-corrected chi connectivity index (χ0v) is 13.9. The topological polar surface area (TPSA) is 111 Å². The minimum absolute atomic E-state index is 0. The summed E-state index contributed by atoms with van der Waals surface area (Å²) in [5.41, 5.74) is 6.64. The lowest BCUT2D eigenvalue weighted by molar-refractivity contribution is -0.125. The average Bonchev–Trinajstić information content (AvgIpc) is 3.03. The van der Waals surface area contributed by atoms with Crippen LogP contribution in [0.5, 0.6) is 5.75 Å². The number of anilines is 2. The highest BCUT2D eigenvalue weighted by molar-refractivity contribution is 6.04. The summed E-state index contributed by atoms with van der Waals surface area (Å²) in [4.78, 5) is 29.5. The van der Waals surface area contributed by atoms with Crippen LogP contribution in [-0.4, -0.2) is 29.9 Å². The van der Waals surface area contributed by atoms with E-state index in [2.05, 4.69) is 10.3 Å². The number of oxazole rings is 1. The number of ether oxygens (including phenoxy) is 1. The Hall–Kier alpha value is -2.58. The number of halogens is 1. The number of amides is 2. The third-order valence-corrected chi connectivity index (χ3v) is 3.52. The fourth-order valence-electron chi connectivity index (χ4n) is 2.29. The van der Waals surface area contributed by atoms with Crippen LogP contribution in [0.2, 0.25) is 0 Å². The fraction of sp³-hybridized carbons (Fsp3) is 0.267. The second kappa shape index (κ2) is 6.90. The van der Waals surface area contributed by atoms with Crippen molar-refractivity contribution in [2.45, 2.75) is 19.6 Å². The number of rotatable bonds is 3. The van der Waals surface area contributed by atoms with Gasteiger partial charge in [0, 0.05) is 12.7 Å². The first kappa shape index (κ1) is 17.8. The van der Waals surface area contributed by atoms with E-state index in [0.29, 0.717) is 17.1 Å². The molecule has 1 unspecified atom stereocenters. The molecule has 24 heavy (non-hydrogen) atoms. The van der Waals surface area contributed by atoms with Crippen molar-refractivity contribution in [3.63, 3.8) is 0 Å². The number of hydrogen-bond donors (Lipinski definition) is 2. The average molecular weight is 353 g/mol. The first-order valence-corrected chi connectivity index (χ1v) is 7.03. The van der Waals surface area contributed by atoms with Crippen LogP contribution in [0, 0.1) is 0 Å². The summed E-state index contributed by atoms with van der Waals surface area (Å²) in [6.07, 6.45) is 0.717. The van der Waals surface area contributed by atoms with Gasteiger partial charge in [-0.05, 0) is 25.1 Å². The van der Waals surface area contributed by atoms with Crippen LogP contribution in [0.3, 0.4) is 0 Å². The van der Waals surface area contributed by atoms with E-state index in [-0.39, 0.29) is 36.4 Å². The van der Waals surface area contributed by atoms with E-state index in [1.807, 2.05) is 0 Å².